The number of hydrogen-bond acceptors (Lipinski definition) is 6. The van der Waals surface area contributed by atoms with Crippen LogP contribution in [0, 0.1) is 0 Å². The summed E-state index contributed by atoms with van der Waals surface area (Å²) in [5.74, 6) is 0.318. The summed E-state index contributed by atoms with van der Waals surface area (Å²) in [5, 5.41) is 5.39. The normalized spacial score (nSPS) is 14.2. The summed E-state index contributed by atoms with van der Waals surface area (Å²) in [6.07, 6.45) is 6.98. The minimum absolute atomic E-state index is 0.215. The van der Waals surface area contributed by atoms with Gasteiger partial charge in [0, 0.05) is 30.9 Å². The fourth-order valence-electron chi connectivity index (χ4n) is 3.07. The van der Waals surface area contributed by atoms with Crippen molar-refractivity contribution in [2.75, 3.05) is 23.3 Å². The average Bonchev–Trinajstić information content (AvgIpc) is 3.20. The van der Waals surface area contributed by atoms with Gasteiger partial charge in [-0.25, -0.2) is 15.0 Å². The molecule has 132 valence electrons. The summed E-state index contributed by atoms with van der Waals surface area (Å²) in [4.78, 5) is 27.7. The molecule has 1 saturated heterocycles. The molecule has 6 nitrogen and oxygen atoms in total. The smallest absolute Gasteiger partial charge is 0.275 e. The lowest BCUT2D eigenvalue weighted by molar-refractivity contribution is 0.102. The highest BCUT2D eigenvalue weighted by Gasteiger charge is 2.18. The number of amides is 1. The van der Waals surface area contributed by atoms with Gasteiger partial charge in [0.05, 0.1) is 11.4 Å². The van der Waals surface area contributed by atoms with E-state index in [1.807, 2.05) is 18.2 Å². The van der Waals surface area contributed by atoms with Crippen LogP contribution in [-0.2, 0) is 0 Å². The minimum Gasteiger partial charge on any atom is -0.370 e. The van der Waals surface area contributed by atoms with Gasteiger partial charge in [0.25, 0.3) is 5.91 Å². The van der Waals surface area contributed by atoms with Gasteiger partial charge in [-0.2, -0.15) is 0 Å². The molecular weight excluding hydrogens is 346 g/mol. The first-order valence-corrected chi connectivity index (χ1v) is 9.57. The molecule has 4 rings (SSSR count). The summed E-state index contributed by atoms with van der Waals surface area (Å²) in [6.45, 7) is 2.05. The third-order valence-corrected chi connectivity index (χ3v) is 5.18. The zero-order valence-electron chi connectivity index (χ0n) is 14.3. The van der Waals surface area contributed by atoms with Crippen LogP contribution >= 0.6 is 11.3 Å². The molecule has 26 heavy (non-hydrogen) atoms. The second-order valence-corrected chi connectivity index (χ2v) is 6.99. The molecule has 0 saturated carbocycles. The molecule has 1 aliphatic heterocycles. The van der Waals surface area contributed by atoms with Crippen molar-refractivity contribution < 1.29 is 4.79 Å². The summed E-state index contributed by atoms with van der Waals surface area (Å²) in [6, 6.07) is 9.70. The van der Waals surface area contributed by atoms with Gasteiger partial charge in [0.15, 0.2) is 10.8 Å². The van der Waals surface area contributed by atoms with Crippen molar-refractivity contribution in [2.24, 2.45) is 0 Å². The maximum absolute atomic E-state index is 12.7. The Morgan fingerprint density at radius 2 is 1.81 bits per heavy atom. The van der Waals surface area contributed by atoms with Crippen LogP contribution in [0.25, 0.3) is 10.8 Å². The van der Waals surface area contributed by atoms with Crippen molar-refractivity contribution in [3.05, 3.63) is 53.8 Å². The van der Waals surface area contributed by atoms with Crippen molar-refractivity contribution in [3.63, 3.8) is 0 Å². The number of carbonyl (C=O) groups is 1. The van der Waals surface area contributed by atoms with Crippen LogP contribution in [-0.4, -0.2) is 33.9 Å². The molecule has 3 heterocycles. The zero-order chi connectivity index (χ0) is 17.8. The van der Waals surface area contributed by atoms with Crippen LogP contribution in [0.1, 0.15) is 29.8 Å². The Morgan fingerprint density at radius 3 is 2.62 bits per heavy atom. The number of nitrogens with one attached hydrogen (secondary N) is 1. The van der Waals surface area contributed by atoms with Crippen molar-refractivity contribution in [2.45, 2.75) is 19.3 Å². The third-order valence-electron chi connectivity index (χ3n) is 4.34. The third kappa shape index (κ3) is 3.57. The van der Waals surface area contributed by atoms with Crippen LogP contribution < -0.4 is 10.2 Å². The molecule has 0 atom stereocenters. The van der Waals surface area contributed by atoms with Crippen molar-refractivity contribution in [1.82, 2.24) is 15.0 Å². The molecule has 1 fully saturated rings. The van der Waals surface area contributed by atoms with Gasteiger partial charge < -0.3 is 10.2 Å². The van der Waals surface area contributed by atoms with Gasteiger partial charge in [-0.05, 0) is 37.5 Å². The quantitative estimate of drug-likeness (QED) is 0.760. The van der Waals surface area contributed by atoms with Crippen LogP contribution in [0.3, 0.4) is 0 Å². The molecule has 0 unspecified atom stereocenters. The Kier molecular flexibility index (Phi) is 4.88. The van der Waals surface area contributed by atoms with E-state index < -0.39 is 0 Å². The molecule has 1 N–H and O–H groups in total. The maximum Gasteiger partial charge on any atom is 0.275 e. The van der Waals surface area contributed by atoms with Crippen molar-refractivity contribution >= 4 is 28.6 Å². The highest BCUT2D eigenvalue weighted by Crippen LogP contribution is 2.29. The van der Waals surface area contributed by atoms with Gasteiger partial charge >= 0.3 is 0 Å². The molecule has 0 bridgehead atoms. The van der Waals surface area contributed by atoms with E-state index in [0.29, 0.717) is 16.5 Å². The lowest BCUT2D eigenvalue weighted by atomic mass is 10.1. The Hall–Kier alpha value is -2.80. The molecule has 3 aromatic rings. The summed E-state index contributed by atoms with van der Waals surface area (Å²) >= 11 is 1.37. The summed E-state index contributed by atoms with van der Waals surface area (Å²) in [5.41, 5.74) is 2.28. The number of piperidine rings is 1. The Bertz CT molecular complexity index is 890. The highest BCUT2D eigenvalue weighted by molar-refractivity contribution is 7.13. The molecular formula is C19H19N5OS. The Morgan fingerprint density at radius 1 is 1.04 bits per heavy atom. The average molecular weight is 365 g/mol. The second-order valence-electron chi connectivity index (χ2n) is 6.13. The van der Waals surface area contributed by atoms with Gasteiger partial charge in [-0.3, -0.25) is 4.79 Å². The van der Waals surface area contributed by atoms with Crippen molar-refractivity contribution in [1.29, 1.82) is 0 Å². The lowest BCUT2D eigenvalue weighted by Crippen LogP contribution is -2.30. The van der Waals surface area contributed by atoms with E-state index in [-0.39, 0.29) is 5.91 Å². The van der Waals surface area contributed by atoms with Gasteiger partial charge in [0.2, 0.25) is 0 Å². The standard InChI is InChI=1S/C19H19N5OS/c25-18(15-13-26-19(23-15)17-20-9-6-10-21-17)22-14-7-2-3-8-16(14)24-11-4-1-5-12-24/h2-3,6-10,13H,1,4-5,11-12H2,(H,22,25). The predicted molar refractivity (Wildman–Crippen MR) is 104 cm³/mol. The topological polar surface area (TPSA) is 71.0 Å². The summed E-state index contributed by atoms with van der Waals surface area (Å²) in [7, 11) is 0. The number of nitrogens with zero attached hydrogens (tertiary/aromatic N) is 4. The molecule has 1 aromatic carbocycles. The molecule has 0 radical (unpaired) electrons. The van der Waals surface area contributed by atoms with E-state index >= 15 is 0 Å². The Labute approximate surface area is 155 Å². The maximum atomic E-state index is 12.7. The van der Waals surface area contributed by atoms with Gasteiger partial charge in [-0.1, -0.05) is 12.1 Å². The first-order chi connectivity index (χ1) is 12.8. The monoisotopic (exact) mass is 365 g/mol. The number of rotatable bonds is 4. The second kappa shape index (κ2) is 7.61. The van der Waals surface area contributed by atoms with Crippen LogP contribution in [0.15, 0.2) is 48.1 Å². The molecule has 0 aliphatic carbocycles. The van der Waals surface area contributed by atoms with E-state index in [1.165, 1.54) is 30.6 Å². The minimum atomic E-state index is -0.215. The number of para-hydroxylation sites is 2. The molecule has 1 aliphatic rings. The number of aromatic nitrogens is 3. The highest BCUT2D eigenvalue weighted by atomic mass is 32.1. The van der Waals surface area contributed by atoms with E-state index in [1.54, 1.807) is 23.8 Å². The van der Waals surface area contributed by atoms with Gasteiger partial charge in [-0.15, -0.1) is 11.3 Å². The lowest BCUT2D eigenvalue weighted by Gasteiger charge is -2.30. The van der Waals surface area contributed by atoms with E-state index in [9.17, 15) is 4.79 Å². The first kappa shape index (κ1) is 16.7. The molecule has 0 spiro atoms. The number of anilines is 2. The Balaban J connectivity index is 1.53. The first-order valence-electron chi connectivity index (χ1n) is 8.69. The van der Waals surface area contributed by atoms with Crippen molar-refractivity contribution in [3.8, 4) is 10.8 Å². The van der Waals surface area contributed by atoms with Crippen LogP contribution in [0.4, 0.5) is 11.4 Å². The van der Waals surface area contributed by atoms with E-state index in [0.717, 1.165) is 24.5 Å². The number of hydrogen-bond donors (Lipinski definition) is 1. The van der Waals surface area contributed by atoms with E-state index in [2.05, 4.69) is 31.2 Å². The molecule has 2 aromatic heterocycles. The van der Waals surface area contributed by atoms with Gasteiger partial charge in [0.1, 0.15) is 5.69 Å². The predicted octanol–water partition coefficient (Wildman–Crippen LogP) is 3.84. The number of benzene rings is 1. The number of carbonyl (C=O) groups excluding carboxylic acids is 1. The zero-order valence-corrected chi connectivity index (χ0v) is 15.1. The fraction of sp³-hybridized carbons (Fsp3) is 0.263. The van der Waals surface area contributed by atoms with Crippen LogP contribution in [0.5, 0.6) is 0 Å². The molecule has 1 amide bonds. The van der Waals surface area contributed by atoms with Crippen LogP contribution in [0.2, 0.25) is 0 Å². The number of thiazole rings is 1. The van der Waals surface area contributed by atoms with E-state index in [4.69, 9.17) is 0 Å². The SMILES string of the molecule is O=C(Nc1ccccc1N1CCCCC1)c1csc(-c2ncccn2)n1. The largest absolute Gasteiger partial charge is 0.370 e. The molecule has 7 heteroatoms. The summed E-state index contributed by atoms with van der Waals surface area (Å²) < 4.78 is 0. The fourth-order valence-corrected chi connectivity index (χ4v) is 3.81.